The highest BCUT2D eigenvalue weighted by Crippen LogP contribution is 2.24. The molecule has 224 valence electrons. The van der Waals surface area contributed by atoms with Crippen LogP contribution >= 0.6 is 0 Å². The first-order valence-electron chi connectivity index (χ1n) is 14.8. The highest BCUT2D eigenvalue weighted by Gasteiger charge is 2.21. The summed E-state index contributed by atoms with van der Waals surface area (Å²) in [6.07, 6.45) is 5.79. The Labute approximate surface area is 249 Å². The van der Waals surface area contributed by atoms with Gasteiger partial charge in [0.05, 0.1) is 24.3 Å². The van der Waals surface area contributed by atoms with E-state index >= 15 is 0 Å². The number of ether oxygens (including phenoxy) is 4. The Hall–Kier alpha value is -4.13. The quantitative estimate of drug-likeness (QED) is 0.0971. The van der Waals surface area contributed by atoms with Crippen LogP contribution in [0.5, 0.6) is 11.5 Å². The summed E-state index contributed by atoms with van der Waals surface area (Å²) in [5, 5.41) is 0. The summed E-state index contributed by atoms with van der Waals surface area (Å²) >= 11 is 0. The van der Waals surface area contributed by atoms with Crippen molar-refractivity contribution in [3.8, 4) is 22.6 Å². The van der Waals surface area contributed by atoms with Gasteiger partial charge in [-0.25, -0.2) is 14.4 Å². The zero-order valence-electron chi connectivity index (χ0n) is 25.1. The fraction of sp³-hybridized carbons (Fsp3) is 0.400. The van der Waals surface area contributed by atoms with Crippen LogP contribution in [0.1, 0.15) is 86.9 Å². The van der Waals surface area contributed by atoms with Gasteiger partial charge in [0.1, 0.15) is 11.5 Å². The number of rotatable bonds is 16. The van der Waals surface area contributed by atoms with Gasteiger partial charge in [0.25, 0.3) is 0 Å². The Bertz CT molecular complexity index is 1260. The topological polar surface area (TPSA) is 88.1 Å². The van der Waals surface area contributed by atoms with Gasteiger partial charge in [-0.05, 0) is 78.9 Å². The van der Waals surface area contributed by atoms with Gasteiger partial charge < -0.3 is 18.9 Å². The van der Waals surface area contributed by atoms with E-state index in [0.29, 0.717) is 30.1 Å². The maximum atomic E-state index is 12.6. The van der Waals surface area contributed by atoms with E-state index < -0.39 is 24.0 Å². The Morgan fingerprint density at radius 1 is 0.667 bits per heavy atom. The Kier molecular flexibility index (Phi) is 13.1. The van der Waals surface area contributed by atoms with Crippen molar-refractivity contribution in [2.24, 2.45) is 5.92 Å². The molecule has 7 heteroatoms. The summed E-state index contributed by atoms with van der Waals surface area (Å²) in [4.78, 5) is 37.2. The molecule has 0 bridgehead atoms. The number of hydrogen-bond donors (Lipinski definition) is 0. The molecule has 0 amide bonds. The van der Waals surface area contributed by atoms with Crippen molar-refractivity contribution in [1.29, 1.82) is 0 Å². The lowest BCUT2D eigenvalue weighted by Crippen LogP contribution is -2.27. The van der Waals surface area contributed by atoms with Gasteiger partial charge in [0.2, 0.25) is 0 Å². The third-order valence-corrected chi connectivity index (χ3v) is 6.95. The Morgan fingerprint density at radius 3 is 1.83 bits per heavy atom. The van der Waals surface area contributed by atoms with Crippen molar-refractivity contribution in [3.63, 3.8) is 0 Å². The van der Waals surface area contributed by atoms with Crippen LogP contribution in [-0.2, 0) is 14.3 Å². The summed E-state index contributed by atoms with van der Waals surface area (Å²) in [6.45, 7) is 8.66. The number of esters is 3. The summed E-state index contributed by atoms with van der Waals surface area (Å²) in [7, 11) is 0. The minimum atomic E-state index is -0.993. The molecule has 0 heterocycles. The number of carbonyl (C=O) groups is 3. The third kappa shape index (κ3) is 10.4. The van der Waals surface area contributed by atoms with Crippen LogP contribution in [0, 0.1) is 5.92 Å². The van der Waals surface area contributed by atoms with Gasteiger partial charge in [0, 0.05) is 0 Å². The largest absolute Gasteiger partial charge is 0.494 e. The molecule has 3 rings (SSSR count). The second kappa shape index (κ2) is 17.0. The van der Waals surface area contributed by atoms with Gasteiger partial charge in [-0.3, -0.25) is 0 Å². The molecule has 0 spiro atoms. The van der Waals surface area contributed by atoms with Crippen molar-refractivity contribution in [1.82, 2.24) is 0 Å². The minimum Gasteiger partial charge on any atom is -0.494 e. The summed E-state index contributed by atoms with van der Waals surface area (Å²) in [5.74, 6) is -0.202. The van der Waals surface area contributed by atoms with Crippen molar-refractivity contribution in [2.45, 2.75) is 72.3 Å². The van der Waals surface area contributed by atoms with E-state index in [2.05, 4.69) is 6.92 Å². The zero-order valence-corrected chi connectivity index (χ0v) is 25.1. The van der Waals surface area contributed by atoms with Crippen LogP contribution in [0.2, 0.25) is 0 Å². The van der Waals surface area contributed by atoms with Gasteiger partial charge in [-0.2, -0.15) is 0 Å². The van der Waals surface area contributed by atoms with Gasteiger partial charge in [-0.1, -0.05) is 77.1 Å². The average Bonchev–Trinajstić information content (AvgIpc) is 3.02. The molecule has 0 N–H and O–H groups in total. The fourth-order valence-electron chi connectivity index (χ4n) is 4.00. The van der Waals surface area contributed by atoms with Crippen LogP contribution in [0.15, 0.2) is 72.8 Å². The SMILES string of the molecule is CCCCCCCOc1ccc(C(=O)Oc2ccc(-c3ccc(C(=O)OC(C)C(=O)OCC(C)CC)cc3)cc2)cc1. The van der Waals surface area contributed by atoms with Crippen LogP contribution < -0.4 is 9.47 Å². The smallest absolute Gasteiger partial charge is 0.347 e. The predicted octanol–water partition coefficient (Wildman–Crippen LogP) is 8.06. The molecule has 0 saturated heterocycles. The van der Waals surface area contributed by atoms with Crippen molar-refractivity contribution < 1.29 is 33.3 Å². The summed E-state index contributed by atoms with van der Waals surface area (Å²) < 4.78 is 21.8. The molecule has 0 aliphatic carbocycles. The van der Waals surface area contributed by atoms with Crippen molar-refractivity contribution in [2.75, 3.05) is 13.2 Å². The number of benzene rings is 3. The van der Waals surface area contributed by atoms with Crippen molar-refractivity contribution in [3.05, 3.63) is 83.9 Å². The van der Waals surface area contributed by atoms with E-state index in [1.165, 1.54) is 26.2 Å². The molecule has 0 saturated carbocycles. The first-order valence-corrected chi connectivity index (χ1v) is 14.8. The number of unbranched alkanes of at least 4 members (excludes halogenated alkanes) is 4. The van der Waals surface area contributed by atoms with Gasteiger partial charge in [-0.15, -0.1) is 0 Å². The van der Waals surface area contributed by atoms with Gasteiger partial charge in [0.15, 0.2) is 6.10 Å². The second-order valence-electron chi connectivity index (χ2n) is 10.5. The standard InChI is InChI=1S/C35H42O7/c1-5-7-8-9-10-23-39-31-19-17-30(18-20-31)35(38)42-32-21-15-28(16-22-32)27-11-13-29(14-12-27)34(37)41-26(4)33(36)40-24-25(3)6-2/h11-22,25-26H,5-10,23-24H2,1-4H3. The van der Waals surface area contributed by atoms with E-state index in [-0.39, 0.29) is 5.92 Å². The minimum absolute atomic E-state index is 0.248. The normalized spacial score (nSPS) is 12.2. The molecule has 0 aliphatic heterocycles. The molecule has 0 aliphatic rings. The van der Waals surface area contributed by atoms with Crippen LogP contribution in [0.4, 0.5) is 0 Å². The van der Waals surface area contributed by atoms with E-state index in [1.807, 2.05) is 26.0 Å². The lowest BCUT2D eigenvalue weighted by atomic mass is 10.0. The maximum Gasteiger partial charge on any atom is 0.347 e. The van der Waals surface area contributed by atoms with E-state index in [9.17, 15) is 14.4 Å². The van der Waals surface area contributed by atoms with Crippen molar-refractivity contribution >= 4 is 17.9 Å². The highest BCUT2D eigenvalue weighted by molar-refractivity contribution is 5.92. The number of hydrogen-bond acceptors (Lipinski definition) is 7. The second-order valence-corrected chi connectivity index (χ2v) is 10.5. The molecule has 2 atom stereocenters. The fourth-order valence-corrected chi connectivity index (χ4v) is 4.00. The maximum absolute atomic E-state index is 12.6. The molecule has 3 aromatic carbocycles. The predicted molar refractivity (Wildman–Crippen MR) is 163 cm³/mol. The molecule has 0 aromatic heterocycles. The lowest BCUT2D eigenvalue weighted by Gasteiger charge is -2.15. The van der Waals surface area contributed by atoms with Crippen LogP contribution in [-0.4, -0.2) is 37.2 Å². The van der Waals surface area contributed by atoms with Crippen LogP contribution in [0.25, 0.3) is 11.1 Å². The van der Waals surface area contributed by atoms with Gasteiger partial charge >= 0.3 is 17.9 Å². The third-order valence-electron chi connectivity index (χ3n) is 6.95. The van der Waals surface area contributed by atoms with E-state index in [4.69, 9.17) is 18.9 Å². The molecule has 0 fully saturated rings. The van der Waals surface area contributed by atoms with E-state index in [1.54, 1.807) is 60.7 Å². The zero-order chi connectivity index (χ0) is 30.3. The molecular weight excluding hydrogens is 532 g/mol. The monoisotopic (exact) mass is 574 g/mol. The Balaban J connectivity index is 1.48. The molecular formula is C35H42O7. The summed E-state index contributed by atoms with van der Waals surface area (Å²) in [5.41, 5.74) is 2.52. The highest BCUT2D eigenvalue weighted by atomic mass is 16.6. The van der Waals surface area contributed by atoms with Crippen LogP contribution in [0.3, 0.4) is 0 Å². The molecule has 0 radical (unpaired) electrons. The Morgan fingerprint density at radius 2 is 1.21 bits per heavy atom. The molecule has 3 aromatic rings. The first-order chi connectivity index (χ1) is 20.3. The molecule has 42 heavy (non-hydrogen) atoms. The molecule has 7 nitrogen and oxygen atoms in total. The first kappa shape index (κ1) is 32.4. The van der Waals surface area contributed by atoms with E-state index in [0.717, 1.165) is 36.1 Å². The number of carbonyl (C=O) groups excluding carboxylic acids is 3. The summed E-state index contributed by atoms with van der Waals surface area (Å²) in [6, 6.07) is 20.9. The lowest BCUT2D eigenvalue weighted by molar-refractivity contribution is -0.154. The molecule has 2 unspecified atom stereocenters. The average molecular weight is 575 g/mol.